The van der Waals surface area contributed by atoms with Crippen LogP contribution in [0.1, 0.15) is 102 Å². The van der Waals surface area contributed by atoms with Gasteiger partial charge >= 0.3 is 0 Å². The second-order valence-corrected chi connectivity index (χ2v) is 10.4. The van der Waals surface area contributed by atoms with E-state index in [1.165, 1.54) is 107 Å². The second kappa shape index (κ2) is 24.7. The van der Waals surface area contributed by atoms with Crippen molar-refractivity contribution >= 4 is 0 Å². The Kier molecular flexibility index (Phi) is 27.5. The van der Waals surface area contributed by atoms with Crippen molar-refractivity contribution in [1.82, 2.24) is 0 Å². The smallest absolute Gasteiger partial charge is 0.104 e. The van der Waals surface area contributed by atoms with Crippen LogP contribution in [0, 0.1) is 0 Å². The van der Waals surface area contributed by atoms with Gasteiger partial charge in [-0.2, -0.15) is 0 Å². The van der Waals surface area contributed by atoms with Crippen LogP contribution in [0.15, 0.2) is 30.3 Å². The van der Waals surface area contributed by atoms with Crippen molar-refractivity contribution in [3.05, 3.63) is 35.9 Å². The molecular formula is C28H58N2O2. The Labute approximate surface area is 201 Å². The summed E-state index contributed by atoms with van der Waals surface area (Å²) in [6.45, 7) is 4.75. The van der Waals surface area contributed by atoms with E-state index in [0.717, 1.165) is 11.0 Å². The standard InChI is InChI=1S/C25H46N.C3H9N.2H2O/c1-4-5-6-7-8-9-10-11-12-13-14-15-16-20-23-26(2,3)24-25-21-18-17-19-22-25;1-4(2)3;;/h17-19,21-22H,4-16,20,23-24H2,1-3H3;1-3H3;2*1H2/q+1;;;/p-1. The van der Waals surface area contributed by atoms with Crippen molar-refractivity contribution in [2.45, 2.75) is 103 Å². The van der Waals surface area contributed by atoms with E-state index >= 15 is 0 Å². The van der Waals surface area contributed by atoms with Gasteiger partial charge in [0.25, 0.3) is 0 Å². The Balaban J connectivity index is -0.00000129. The molecule has 4 heteroatoms. The summed E-state index contributed by atoms with van der Waals surface area (Å²) in [5.74, 6) is 0. The molecule has 0 aliphatic carbocycles. The summed E-state index contributed by atoms with van der Waals surface area (Å²) in [5.41, 5.74) is 1.46. The third-order valence-corrected chi connectivity index (χ3v) is 5.57. The zero-order valence-electron chi connectivity index (χ0n) is 22.5. The fourth-order valence-electron chi connectivity index (χ4n) is 3.89. The molecule has 1 aromatic rings. The van der Waals surface area contributed by atoms with Gasteiger partial charge in [-0.1, -0.05) is 114 Å². The summed E-state index contributed by atoms with van der Waals surface area (Å²) < 4.78 is 1.11. The highest BCUT2D eigenvalue weighted by Gasteiger charge is 2.14. The molecule has 0 spiro atoms. The molecule has 4 nitrogen and oxygen atoms in total. The number of unbranched alkanes of at least 4 members (excludes halogenated alkanes) is 13. The lowest BCUT2D eigenvalue weighted by Gasteiger charge is -2.30. The van der Waals surface area contributed by atoms with E-state index in [4.69, 9.17) is 0 Å². The fourth-order valence-corrected chi connectivity index (χ4v) is 3.89. The van der Waals surface area contributed by atoms with Gasteiger partial charge < -0.3 is 20.3 Å². The molecule has 0 saturated heterocycles. The van der Waals surface area contributed by atoms with Crippen LogP contribution in [-0.2, 0) is 6.54 Å². The number of nitrogens with one attached hydrogen (secondary N) is 1. The zero-order chi connectivity index (χ0) is 22.5. The lowest BCUT2D eigenvalue weighted by molar-refractivity contribution is -0.903. The first-order valence-corrected chi connectivity index (χ1v) is 13.0. The molecule has 32 heavy (non-hydrogen) atoms. The lowest BCUT2D eigenvalue weighted by Crippen LogP contribution is -3.02. The van der Waals surface area contributed by atoms with Crippen LogP contribution in [0.25, 0.3) is 0 Å². The number of quaternary nitrogens is 2. The fraction of sp³-hybridized carbons (Fsp3) is 0.786. The van der Waals surface area contributed by atoms with Crippen LogP contribution in [0.4, 0.5) is 0 Å². The topological polar surface area (TPSA) is 64.4 Å². The highest BCUT2D eigenvalue weighted by atomic mass is 16.0. The maximum Gasteiger partial charge on any atom is 0.104 e. The number of rotatable bonds is 17. The molecule has 1 aromatic carbocycles. The highest BCUT2D eigenvalue weighted by Crippen LogP contribution is 2.14. The quantitative estimate of drug-likeness (QED) is 0.226. The molecule has 0 atom stereocenters. The first-order chi connectivity index (χ1) is 14.4. The molecule has 0 amide bonds. The SMILES string of the molecule is CCCCCCCCCCCCCCCC[N+](C)(C)Cc1ccccc1.C[NH+](C)C.[OH-].[OH-]. The van der Waals surface area contributed by atoms with Crippen LogP contribution in [0.2, 0.25) is 0 Å². The van der Waals surface area contributed by atoms with Crippen molar-refractivity contribution in [3.8, 4) is 0 Å². The average Bonchev–Trinajstić information content (AvgIpc) is 2.68. The van der Waals surface area contributed by atoms with Crippen molar-refractivity contribution < 1.29 is 20.3 Å². The third-order valence-electron chi connectivity index (χ3n) is 5.57. The molecule has 0 bridgehead atoms. The molecule has 0 saturated carbocycles. The summed E-state index contributed by atoms with van der Waals surface area (Å²) in [6, 6.07) is 10.9. The molecular weight excluding hydrogens is 396 g/mol. The monoisotopic (exact) mass is 454 g/mol. The van der Waals surface area contributed by atoms with Crippen LogP contribution in [-0.4, -0.2) is 57.2 Å². The molecule has 0 unspecified atom stereocenters. The van der Waals surface area contributed by atoms with Crippen molar-refractivity contribution in [1.29, 1.82) is 0 Å². The summed E-state index contributed by atoms with van der Waals surface area (Å²) in [7, 11) is 11.0. The van der Waals surface area contributed by atoms with Gasteiger partial charge in [0, 0.05) is 5.56 Å². The largest absolute Gasteiger partial charge is 0.870 e. The normalized spacial score (nSPS) is 10.7. The van der Waals surface area contributed by atoms with Gasteiger partial charge in [0.15, 0.2) is 0 Å². The minimum atomic E-state index is 0. The Morgan fingerprint density at radius 3 is 1.31 bits per heavy atom. The predicted molar refractivity (Wildman–Crippen MR) is 140 cm³/mol. The van der Waals surface area contributed by atoms with E-state index in [9.17, 15) is 0 Å². The van der Waals surface area contributed by atoms with Crippen molar-refractivity contribution in [2.24, 2.45) is 0 Å². The Morgan fingerprint density at radius 2 is 0.938 bits per heavy atom. The van der Waals surface area contributed by atoms with Gasteiger partial charge in [-0.05, 0) is 12.8 Å². The number of hydrogen-bond acceptors (Lipinski definition) is 2. The molecule has 0 aliphatic heterocycles. The van der Waals surface area contributed by atoms with Gasteiger partial charge in [0.05, 0.1) is 41.8 Å². The molecule has 1 rings (SSSR count). The maximum absolute atomic E-state index is 2.37. The summed E-state index contributed by atoms with van der Waals surface area (Å²) >= 11 is 0. The summed E-state index contributed by atoms with van der Waals surface area (Å²) in [6.07, 6.45) is 20.2. The van der Waals surface area contributed by atoms with E-state index in [1.54, 1.807) is 0 Å². The van der Waals surface area contributed by atoms with E-state index in [-0.39, 0.29) is 11.0 Å². The molecule has 3 N–H and O–H groups in total. The molecule has 0 aliphatic rings. The Bertz CT molecular complexity index is 461. The molecule has 0 fully saturated rings. The number of nitrogens with zero attached hydrogens (tertiary/aromatic N) is 1. The van der Waals surface area contributed by atoms with Crippen molar-refractivity contribution in [3.63, 3.8) is 0 Å². The minimum absolute atomic E-state index is 0. The van der Waals surface area contributed by atoms with Crippen LogP contribution in [0.3, 0.4) is 0 Å². The van der Waals surface area contributed by atoms with Gasteiger partial charge in [-0.3, -0.25) is 0 Å². The predicted octanol–water partition coefficient (Wildman–Crippen LogP) is 6.15. The average molecular weight is 455 g/mol. The van der Waals surface area contributed by atoms with Crippen LogP contribution < -0.4 is 4.90 Å². The van der Waals surface area contributed by atoms with Gasteiger partial charge in [-0.15, -0.1) is 0 Å². The maximum atomic E-state index is 2.37. The summed E-state index contributed by atoms with van der Waals surface area (Å²) in [5, 5.41) is 0. The Hall–Kier alpha value is -0.940. The summed E-state index contributed by atoms with van der Waals surface area (Å²) in [4.78, 5) is 1.42. The number of benzene rings is 1. The van der Waals surface area contributed by atoms with Crippen LogP contribution in [0.5, 0.6) is 0 Å². The minimum Gasteiger partial charge on any atom is -0.870 e. The molecule has 0 radical (unpaired) electrons. The van der Waals surface area contributed by atoms with Crippen molar-refractivity contribution in [2.75, 3.05) is 41.8 Å². The first-order valence-electron chi connectivity index (χ1n) is 13.0. The first kappa shape index (κ1) is 35.6. The van der Waals surface area contributed by atoms with Crippen LogP contribution >= 0.6 is 0 Å². The molecule has 0 heterocycles. The highest BCUT2D eigenvalue weighted by molar-refractivity contribution is 5.13. The van der Waals surface area contributed by atoms with E-state index in [1.807, 2.05) is 0 Å². The molecule has 192 valence electrons. The van der Waals surface area contributed by atoms with E-state index < -0.39 is 0 Å². The lowest BCUT2D eigenvalue weighted by atomic mass is 10.0. The van der Waals surface area contributed by atoms with E-state index in [2.05, 4.69) is 72.5 Å². The zero-order valence-corrected chi connectivity index (χ0v) is 22.5. The Morgan fingerprint density at radius 1 is 0.594 bits per heavy atom. The number of hydrogen-bond donors (Lipinski definition) is 1. The van der Waals surface area contributed by atoms with Gasteiger partial charge in [-0.25, -0.2) is 0 Å². The van der Waals surface area contributed by atoms with Gasteiger partial charge in [0.2, 0.25) is 0 Å². The molecule has 0 aromatic heterocycles. The van der Waals surface area contributed by atoms with E-state index in [0.29, 0.717) is 0 Å². The third kappa shape index (κ3) is 27.1. The van der Waals surface area contributed by atoms with Gasteiger partial charge in [0.1, 0.15) is 6.54 Å². The second-order valence-electron chi connectivity index (χ2n) is 10.4.